The van der Waals surface area contributed by atoms with Crippen LogP contribution in [0.25, 0.3) is 0 Å². The van der Waals surface area contributed by atoms with E-state index in [9.17, 15) is 13.2 Å². The number of hydrogen-bond donors (Lipinski definition) is 0. The van der Waals surface area contributed by atoms with Crippen LogP contribution >= 0.6 is 0 Å². The Hall–Kier alpha value is -0.990. The average Bonchev–Trinajstić information content (AvgIpc) is 2.15. The van der Waals surface area contributed by atoms with Crippen molar-refractivity contribution in [2.45, 2.75) is 38.8 Å². The lowest BCUT2D eigenvalue weighted by atomic mass is 9.89. The molecule has 1 unspecified atom stereocenters. The summed E-state index contributed by atoms with van der Waals surface area (Å²) in [6.45, 7) is 5.02. The highest BCUT2D eigenvalue weighted by Gasteiger charge is 2.38. The van der Waals surface area contributed by atoms with Crippen LogP contribution in [-0.4, -0.2) is 6.18 Å². The lowest BCUT2D eigenvalue weighted by Gasteiger charge is -2.20. The minimum Gasteiger partial charge on any atom is -0.170 e. The minimum atomic E-state index is -4.16. The minimum absolute atomic E-state index is 0.117. The van der Waals surface area contributed by atoms with Crippen molar-refractivity contribution in [1.29, 1.82) is 0 Å². The van der Waals surface area contributed by atoms with E-state index in [0.717, 1.165) is 5.56 Å². The second kappa shape index (κ2) is 4.25. The van der Waals surface area contributed by atoms with Gasteiger partial charge in [-0.1, -0.05) is 38.1 Å². The summed E-state index contributed by atoms with van der Waals surface area (Å²) in [6.07, 6.45) is -4.16. The highest BCUT2D eigenvalue weighted by molar-refractivity contribution is 5.33. The Morgan fingerprint density at radius 1 is 0.933 bits per heavy atom. The molecule has 1 rings (SSSR count). The second-order valence-electron chi connectivity index (χ2n) is 4.05. The maximum absolute atomic E-state index is 12.6. The Labute approximate surface area is 88.1 Å². The number of hydrogen-bond acceptors (Lipinski definition) is 0. The van der Waals surface area contributed by atoms with Crippen LogP contribution in [0.3, 0.4) is 0 Å². The monoisotopic (exact) mass is 216 g/mol. The third-order valence-corrected chi connectivity index (χ3v) is 2.58. The van der Waals surface area contributed by atoms with Crippen LogP contribution in [-0.2, 0) is 0 Å². The quantitative estimate of drug-likeness (QED) is 0.684. The highest BCUT2D eigenvalue weighted by Crippen LogP contribution is 2.37. The van der Waals surface area contributed by atoms with Crippen molar-refractivity contribution in [2.24, 2.45) is 0 Å². The van der Waals surface area contributed by atoms with Crippen molar-refractivity contribution in [3.63, 3.8) is 0 Å². The zero-order chi connectivity index (χ0) is 11.6. The molecule has 0 aliphatic carbocycles. The molecule has 0 radical (unpaired) electrons. The van der Waals surface area contributed by atoms with Gasteiger partial charge in [0.25, 0.3) is 0 Å². The van der Waals surface area contributed by atoms with Gasteiger partial charge < -0.3 is 0 Å². The van der Waals surface area contributed by atoms with Crippen LogP contribution in [0.5, 0.6) is 0 Å². The molecule has 0 N–H and O–H groups in total. The standard InChI is InChI=1S/C12H15F3/c1-8(2)10-6-4-5-7-11(10)9(3)12(13,14)15/h4-9H,1-3H3. The SMILES string of the molecule is CC(C)c1ccccc1C(C)C(F)(F)F. The molecule has 1 aromatic carbocycles. The topological polar surface area (TPSA) is 0 Å². The number of benzene rings is 1. The summed E-state index contributed by atoms with van der Waals surface area (Å²) in [4.78, 5) is 0. The largest absolute Gasteiger partial charge is 0.395 e. The van der Waals surface area contributed by atoms with Crippen molar-refractivity contribution in [1.82, 2.24) is 0 Å². The summed E-state index contributed by atoms with van der Waals surface area (Å²) < 4.78 is 37.7. The molecule has 1 aromatic rings. The summed E-state index contributed by atoms with van der Waals surface area (Å²) in [5.41, 5.74) is 1.17. The first-order chi connectivity index (χ1) is 6.84. The van der Waals surface area contributed by atoms with Crippen molar-refractivity contribution in [3.05, 3.63) is 35.4 Å². The van der Waals surface area contributed by atoms with Gasteiger partial charge in [0.05, 0.1) is 5.92 Å². The van der Waals surface area contributed by atoms with Crippen molar-refractivity contribution in [3.8, 4) is 0 Å². The van der Waals surface area contributed by atoms with Crippen molar-refractivity contribution in [2.75, 3.05) is 0 Å². The Morgan fingerprint density at radius 2 is 1.40 bits per heavy atom. The predicted octanol–water partition coefficient (Wildman–Crippen LogP) is 4.48. The summed E-state index contributed by atoms with van der Waals surface area (Å²) >= 11 is 0. The molecule has 84 valence electrons. The fraction of sp³-hybridized carbons (Fsp3) is 0.500. The zero-order valence-electron chi connectivity index (χ0n) is 9.10. The lowest BCUT2D eigenvalue weighted by molar-refractivity contribution is -0.146. The Bertz CT molecular complexity index is 326. The highest BCUT2D eigenvalue weighted by atomic mass is 19.4. The van der Waals surface area contributed by atoms with E-state index in [2.05, 4.69) is 0 Å². The van der Waals surface area contributed by atoms with Crippen LogP contribution in [0.2, 0.25) is 0 Å². The van der Waals surface area contributed by atoms with E-state index in [4.69, 9.17) is 0 Å². The fourth-order valence-electron chi connectivity index (χ4n) is 1.61. The number of rotatable bonds is 2. The molecule has 0 fully saturated rings. The first-order valence-corrected chi connectivity index (χ1v) is 4.99. The molecule has 0 heterocycles. The number of halogens is 3. The Balaban J connectivity index is 3.14. The summed E-state index contributed by atoms with van der Waals surface area (Å²) in [6, 6.07) is 6.76. The van der Waals surface area contributed by atoms with E-state index in [0.29, 0.717) is 5.56 Å². The van der Waals surface area contributed by atoms with E-state index >= 15 is 0 Å². The fourth-order valence-corrected chi connectivity index (χ4v) is 1.61. The lowest BCUT2D eigenvalue weighted by Crippen LogP contribution is -2.19. The smallest absolute Gasteiger partial charge is 0.170 e. The van der Waals surface area contributed by atoms with Crippen LogP contribution in [0, 0.1) is 0 Å². The molecule has 0 spiro atoms. The first kappa shape index (κ1) is 12.1. The van der Waals surface area contributed by atoms with Gasteiger partial charge in [0.1, 0.15) is 0 Å². The van der Waals surface area contributed by atoms with Gasteiger partial charge in [-0.15, -0.1) is 0 Å². The molecule has 0 aliphatic heterocycles. The third-order valence-electron chi connectivity index (χ3n) is 2.58. The van der Waals surface area contributed by atoms with Gasteiger partial charge in [-0.05, 0) is 24.0 Å². The zero-order valence-corrected chi connectivity index (χ0v) is 9.10. The normalized spacial score (nSPS) is 14.3. The second-order valence-corrected chi connectivity index (χ2v) is 4.05. The van der Waals surface area contributed by atoms with E-state index in [1.165, 1.54) is 6.92 Å². The Kier molecular flexibility index (Phi) is 3.42. The molecule has 3 heteroatoms. The van der Waals surface area contributed by atoms with E-state index in [-0.39, 0.29) is 5.92 Å². The average molecular weight is 216 g/mol. The van der Waals surface area contributed by atoms with Gasteiger partial charge in [0.2, 0.25) is 0 Å². The van der Waals surface area contributed by atoms with Crippen LogP contribution in [0.1, 0.15) is 43.7 Å². The predicted molar refractivity (Wildman–Crippen MR) is 55.0 cm³/mol. The molecule has 0 nitrogen and oxygen atoms in total. The van der Waals surface area contributed by atoms with E-state index in [1.807, 2.05) is 13.8 Å². The molecule has 0 aliphatic rings. The van der Waals surface area contributed by atoms with Gasteiger partial charge in [-0.3, -0.25) is 0 Å². The van der Waals surface area contributed by atoms with Gasteiger partial charge in [0.15, 0.2) is 0 Å². The van der Waals surface area contributed by atoms with Gasteiger partial charge in [-0.25, -0.2) is 0 Å². The Morgan fingerprint density at radius 3 is 1.80 bits per heavy atom. The third kappa shape index (κ3) is 2.74. The van der Waals surface area contributed by atoms with Crippen LogP contribution < -0.4 is 0 Å². The molecule has 0 saturated heterocycles. The van der Waals surface area contributed by atoms with Gasteiger partial charge in [0, 0.05) is 0 Å². The van der Waals surface area contributed by atoms with E-state index in [1.54, 1.807) is 24.3 Å². The molecule has 15 heavy (non-hydrogen) atoms. The molecular formula is C12H15F3. The van der Waals surface area contributed by atoms with Crippen molar-refractivity contribution < 1.29 is 13.2 Å². The molecule has 0 amide bonds. The summed E-state index contributed by atoms with van der Waals surface area (Å²) in [5, 5.41) is 0. The van der Waals surface area contributed by atoms with Gasteiger partial charge >= 0.3 is 6.18 Å². The van der Waals surface area contributed by atoms with Crippen LogP contribution in [0.15, 0.2) is 24.3 Å². The summed E-state index contributed by atoms with van der Waals surface area (Å²) in [7, 11) is 0. The van der Waals surface area contributed by atoms with Crippen molar-refractivity contribution >= 4 is 0 Å². The first-order valence-electron chi connectivity index (χ1n) is 4.99. The number of alkyl halides is 3. The maximum Gasteiger partial charge on any atom is 0.395 e. The van der Waals surface area contributed by atoms with Gasteiger partial charge in [-0.2, -0.15) is 13.2 Å². The molecule has 0 saturated carbocycles. The maximum atomic E-state index is 12.6. The molecular weight excluding hydrogens is 201 g/mol. The van der Waals surface area contributed by atoms with E-state index < -0.39 is 12.1 Å². The molecule has 0 bridgehead atoms. The van der Waals surface area contributed by atoms with Crippen LogP contribution in [0.4, 0.5) is 13.2 Å². The molecule has 1 atom stereocenters. The molecule has 0 aromatic heterocycles. The summed E-state index contributed by atoms with van der Waals surface area (Å²) in [5.74, 6) is -1.28.